The zero-order valence-electron chi connectivity index (χ0n) is 10.8. The second kappa shape index (κ2) is 6.18. The number of hydrogen-bond acceptors (Lipinski definition) is 1. The second-order valence-corrected chi connectivity index (χ2v) is 4.43. The van der Waals surface area contributed by atoms with E-state index in [1.807, 2.05) is 36.0 Å². The van der Waals surface area contributed by atoms with Gasteiger partial charge < -0.3 is 9.88 Å². The number of rotatable bonds is 5. The van der Waals surface area contributed by atoms with E-state index in [0.717, 1.165) is 12.8 Å². The van der Waals surface area contributed by atoms with E-state index in [0.29, 0.717) is 5.69 Å². The van der Waals surface area contributed by atoms with Gasteiger partial charge in [0.1, 0.15) is 11.9 Å². The summed E-state index contributed by atoms with van der Waals surface area (Å²) in [6, 6.07) is 9.35. The van der Waals surface area contributed by atoms with Crippen molar-refractivity contribution in [2.45, 2.75) is 25.8 Å². The van der Waals surface area contributed by atoms with Crippen LogP contribution in [0.1, 0.15) is 25.8 Å². The molecule has 1 N–H and O–H groups in total. The molecule has 0 saturated carbocycles. The molecule has 0 radical (unpaired) electrons. The summed E-state index contributed by atoms with van der Waals surface area (Å²) in [4.78, 5) is 12.3. The van der Waals surface area contributed by atoms with Gasteiger partial charge >= 0.3 is 0 Å². The number of nitrogens with one attached hydrogen (secondary N) is 1. The zero-order chi connectivity index (χ0) is 13.7. The largest absolute Gasteiger partial charge is 0.342 e. The molecule has 19 heavy (non-hydrogen) atoms. The first-order chi connectivity index (χ1) is 9.20. The van der Waals surface area contributed by atoms with Gasteiger partial charge in [-0.3, -0.25) is 4.79 Å². The number of halogens is 1. The smallest absolute Gasteiger partial charge is 0.247 e. The van der Waals surface area contributed by atoms with Crippen molar-refractivity contribution in [3.8, 4) is 0 Å². The highest BCUT2D eigenvalue weighted by Gasteiger charge is 2.18. The minimum Gasteiger partial charge on any atom is -0.342 e. The van der Waals surface area contributed by atoms with Crippen molar-refractivity contribution in [1.82, 2.24) is 4.57 Å². The molecule has 3 nitrogen and oxygen atoms in total. The minimum atomic E-state index is -0.312. The number of benzene rings is 1. The highest BCUT2D eigenvalue weighted by Crippen LogP contribution is 2.17. The Balaban J connectivity index is 2.09. The van der Waals surface area contributed by atoms with E-state index in [9.17, 15) is 9.18 Å². The Bertz CT molecular complexity index is 520. The van der Waals surface area contributed by atoms with Crippen LogP contribution in [0.3, 0.4) is 0 Å². The van der Waals surface area contributed by atoms with Crippen molar-refractivity contribution < 1.29 is 9.18 Å². The van der Waals surface area contributed by atoms with Crippen molar-refractivity contribution in [2.75, 3.05) is 5.32 Å². The fourth-order valence-electron chi connectivity index (χ4n) is 2.00. The van der Waals surface area contributed by atoms with Gasteiger partial charge in [0.25, 0.3) is 0 Å². The Morgan fingerprint density at radius 3 is 2.47 bits per heavy atom. The van der Waals surface area contributed by atoms with Crippen LogP contribution in [0.15, 0.2) is 48.8 Å². The Kier molecular flexibility index (Phi) is 4.34. The van der Waals surface area contributed by atoms with Crippen LogP contribution in [0.4, 0.5) is 10.1 Å². The van der Waals surface area contributed by atoms with Crippen molar-refractivity contribution in [3.05, 3.63) is 54.6 Å². The zero-order valence-corrected chi connectivity index (χ0v) is 10.8. The van der Waals surface area contributed by atoms with Gasteiger partial charge in [-0.15, -0.1) is 0 Å². The van der Waals surface area contributed by atoms with E-state index in [1.54, 1.807) is 12.1 Å². The van der Waals surface area contributed by atoms with Crippen LogP contribution in [-0.4, -0.2) is 10.5 Å². The van der Waals surface area contributed by atoms with Crippen LogP contribution in [0.5, 0.6) is 0 Å². The predicted octanol–water partition coefficient (Wildman–Crippen LogP) is 3.61. The fourth-order valence-corrected chi connectivity index (χ4v) is 2.00. The summed E-state index contributed by atoms with van der Waals surface area (Å²) in [6.45, 7) is 2.04. The maximum atomic E-state index is 12.8. The van der Waals surface area contributed by atoms with Crippen LogP contribution in [-0.2, 0) is 4.79 Å². The average molecular weight is 260 g/mol. The molecule has 0 fully saturated rings. The molecule has 0 aliphatic rings. The van der Waals surface area contributed by atoms with Crippen molar-refractivity contribution in [3.63, 3.8) is 0 Å². The average Bonchev–Trinajstić information content (AvgIpc) is 2.92. The first-order valence-electron chi connectivity index (χ1n) is 6.39. The topological polar surface area (TPSA) is 34.0 Å². The lowest BCUT2D eigenvalue weighted by Gasteiger charge is -2.18. The van der Waals surface area contributed by atoms with Crippen LogP contribution < -0.4 is 5.32 Å². The summed E-state index contributed by atoms with van der Waals surface area (Å²) in [5.41, 5.74) is 0.611. The maximum Gasteiger partial charge on any atom is 0.247 e. The highest BCUT2D eigenvalue weighted by molar-refractivity contribution is 5.93. The van der Waals surface area contributed by atoms with E-state index in [2.05, 4.69) is 5.32 Å². The van der Waals surface area contributed by atoms with E-state index in [1.165, 1.54) is 12.1 Å². The molecular weight excluding hydrogens is 243 g/mol. The van der Waals surface area contributed by atoms with Gasteiger partial charge in [0, 0.05) is 18.1 Å². The molecule has 100 valence electrons. The number of nitrogens with zero attached hydrogens (tertiary/aromatic N) is 1. The molecule has 2 rings (SSSR count). The molecule has 0 bridgehead atoms. The van der Waals surface area contributed by atoms with Gasteiger partial charge in [-0.2, -0.15) is 0 Å². The Hall–Kier alpha value is -2.10. The van der Waals surface area contributed by atoms with Crippen molar-refractivity contribution in [2.24, 2.45) is 0 Å². The molecule has 1 aromatic carbocycles. The predicted molar refractivity (Wildman–Crippen MR) is 73.4 cm³/mol. The number of aromatic nitrogens is 1. The third-order valence-corrected chi connectivity index (χ3v) is 2.96. The summed E-state index contributed by atoms with van der Waals surface area (Å²) < 4.78 is 14.7. The summed E-state index contributed by atoms with van der Waals surface area (Å²) >= 11 is 0. The SMILES string of the molecule is CCCC(C(=O)Nc1ccc(F)cc1)n1cccc1. The fraction of sp³-hybridized carbons (Fsp3) is 0.267. The molecule has 0 saturated heterocycles. The summed E-state index contributed by atoms with van der Waals surface area (Å²) in [6.07, 6.45) is 5.44. The quantitative estimate of drug-likeness (QED) is 0.875. The molecule has 0 aliphatic carbocycles. The summed E-state index contributed by atoms with van der Waals surface area (Å²) in [7, 11) is 0. The lowest BCUT2D eigenvalue weighted by atomic mass is 10.1. The van der Waals surface area contributed by atoms with E-state index in [4.69, 9.17) is 0 Å². The Morgan fingerprint density at radius 1 is 1.26 bits per heavy atom. The molecule has 4 heteroatoms. The Labute approximate surface area is 112 Å². The van der Waals surface area contributed by atoms with Gasteiger partial charge in [-0.1, -0.05) is 13.3 Å². The molecule has 1 unspecified atom stereocenters. The third kappa shape index (κ3) is 3.44. The first-order valence-corrected chi connectivity index (χ1v) is 6.39. The summed E-state index contributed by atoms with van der Waals surface area (Å²) in [5.74, 6) is -0.391. The van der Waals surface area contributed by atoms with Gasteiger partial charge in [-0.05, 0) is 42.8 Å². The number of carbonyl (C=O) groups excluding carboxylic acids is 1. The molecule has 1 aromatic heterocycles. The third-order valence-electron chi connectivity index (χ3n) is 2.96. The van der Waals surface area contributed by atoms with Gasteiger partial charge in [-0.25, -0.2) is 4.39 Å². The molecule has 0 aliphatic heterocycles. The normalized spacial score (nSPS) is 12.1. The molecule has 1 atom stereocenters. The van der Waals surface area contributed by atoms with Crippen LogP contribution in [0.25, 0.3) is 0 Å². The van der Waals surface area contributed by atoms with Gasteiger partial charge in [0.15, 0.2) is 0 Å². The van der Waals surface area contributed by atoms with E-state index < -0.39 is 0 Å². The van der Waals surface area contributed by atoms with Crippen LogP contribution in [0, 0.1) is 5.82 Å². The number of carbonyl (C=O) groups is 1. The lowest BCUT2D eigenvalue weighted by molar-refractivity contribution is -0.119. The molecular formula is C15H17FN2O. The van der Waals surface area contributed by atoms with Crippen LogP contribution in [0.2, 0.25) is 0 Å². The molecule has 1 amide bonds. The maximum absolute atomic E-state index is 12.8. The minimum absolute atomic E-state index is 0.0790. The van der Waals surface area contributed by atoms with Gasteiger partial charge in [0.2, 0.25) is 5.91 Å². The molecule has 0 spiro atoms. The molecule has 2 aromatic rings. The summed E-state index contributed by atoms with van der Waals surface area (Å²) in [5, 5.41) is 2.82. The number of amides is 1. The highest BCUT2D eigenvalue weighted by atomic mass is 19.1. The lowest BCUT2D eigenvalue weighted by Crippen LogP contribution is -2.25. The number of anilines is 1. The first kappa shape index (κ1) is 13.3. The van der Waals surface area contributed by atoms with Crippen molar-refractivity contribution >= 4 is 11.6 Å². The van der Waals surface area contributed by atoms with E-state index >= 15 is 0 Å². The Morgan fingerprint density at radius 2 is 1.89 bits per heavy atom. The van der Waals surface area contributed by atoms with Crippen molar-refractivity contribution in [1.29, 1.82) is 0 Å². The second-order valence-electron chi connectivity index (χ2n) is 4.43. The molecule has 1 heterocycles. The van der Waals surface area contributed by atoms with E-state index in [-0.39, 0.29) is 17.8 Å². The number of hydrogen-bond donors (Lipinski definition) is 1. The van der Waals surface area contributed by atoms with Gasteiger partial charge in [0.05, 0.1) is 0 Å². The van der Waals surface area contributed by atoms with Crippen LogP contribution >= 0.6 is 0 Å². The monoisotopic (exact) mass is 260 g/mol. The standard InChI is InChI=1S/C15H17FN2O/c1-2-5-14(18-10-3-4-11-18)15(19)17-13-8-6-12(16)7-9-13/h3-4,6-11,14H,2,5H2,1H3,(H,17,19).